The fourth-order valence-electron chi connectivity index (χ4n) is 2.86. The molecular formula is C22H18ClN3O4S2. The number of thiazole rings is 1. The number of carbonyl (C=O) groups is 1. The maximum Gasteiger partial charge on any atom is 0.259 e. The third kappa shape index (κ3) is 4.61. The number of fused-ring (bicyclic) bond motifs is 1. The van der Waals surface area contributed by atoms with Crippen molar-refractivity contribution in [3.05, 3.63) is 77.3 Å². The van der Waals surface area contributed by atoms with Crippen molar-refractivity contribution in [2.75, 3.05) is 19.4 Å². The maximum absolute atomic E-state index is 12.8. The standard InChI is InChI=1S/C22H18ClN3O4S2/c1-26(2)32(28,29)16-9-10-18(23)17(13-16)21(27)25-22-24-19-11-8-15(12-20(19)31-22)30-14-6-4-3-5-7-14/h3-13H,1-2H3,(H,24,25,27). The predicted octanol–water partition coefficient (Wildman–Crippen LogP) is 5.24. The van der Waals surface area contributed by atoms with E-state index in [1.54, 1.807) is 12.1 Å². The van der Waals surface area contributed by atoms with Crippen LogP contribution in [-0.4, -0.2) is 37.7 Å². The van der Waals surface area contributed by atoms with Gasteiger partial charge in [0, 0.05) is 20.2 Å². The van der Waals surface area contributed by atoms with Gasteiger partial charge in [0.15, 0.2) is 5.13 Å². The number of ether oxygens (including phenoxy) is 1. The summed E-state index contributed by atoms with van der Waals surface area (Å²) < 4.78 is 32.5. The van der Waals surface area contributed by atoms with Gasteiger partial charge < -0.3 is 4.74 Å². The van der Waals surface area contributed by atoms with Crippen LogP contribution in [0.4, 0.5) is 5.13 Å². The average molecular weight is 488 g/mol. The third-order valence-electron chi connectivity index (χ3n) is 4.52. The summed E-state index contributed by atoms with van der Waals surface area (Å²) in [5, 5.41) is 3.20. The quantitative estimate of drug-likeness (QED) is 0.401. The number of benzene rings is 3. The van der Waals surface area contributed by atoms with Gasteiger partial charge >= 0.3 is 0 Å². The lowest BCUT2D eigenvalue weighted by Gasteiger charge is -2.13. The van der Waals surface area contributed by atoms with Crippen LogP contribution in [0, 0.1) is 0 Å². The zero-order chi connectivity index (χ0) is 22.9. The Bertz CT molecular complexity index is 1400. The number of sulfonamides is 1. The monoisotopic (exact) mass is 487 g/mol. The van der Waals surface area contributed by atoms with E-state index in [9.17, 15) is 13.2 Å². The molecule has 0 fully saturated rings. The summed E-state index contributed by atoms with van der Waals surface area (Å²) in [7, 11) is -0.871. The number of para-hydroxylation sites is 1. The summed E-state index contributed by atoms with van der Waals surface area (Å²) >= 11 is 7.43. The summed E-state index contributed by atoms with van der Waals surface area (Å²) in [4.78, 5) is 17.2. The Kier molecular flexibility index (Phi) is 6.16. The SMILES string of the molecule is CN(C)S(=O)(=O)c1ccc(Cl)c(C(=O)Nc2nc3ccc(Oc4ccccc4)cc3s2)c1. The first-order valence-corrected chi connectivity index (χ1v) is 12.0. The molecule has 0 bridgehead atoms. The Morgan fingerprint density at radius 3 is 2.50 bits per heavy atom. The summed E-state index contributed by atoms with van der Waals surface area (Å²) in [5.41, 5.74) is 0.739. The highest BCUT2D eigenvalue weighted by Gasteiger charge is 2.21. The molecule has 0 unspecified atom stereocenters. The molecule has 0 aliphatic carbocycles. The highest BCUT2D eigenvalue weighted by Crippen LogP contribution is 2.32. The number of amides is 1. The van der Waals surface area contributed by atoms with Crippen molar-refractivity contribution >= 4 is 54.2 Å². The van der Waals surface area contributed by atoms with Crippen molar-refractivity contribution in [2.24, 2.45) is 0 Å². The van der Waals surface area contributed by atoms with Crippen molar-refractivity contribution in [1.29, 1.82) is 0 Å². The van der Waals surface area contributed by atoms with Gasteiger partial charge in [0.1, 0.15) is 11.5 Å². The van der Waals surface area contributed by atoms with Crippen molar-refractivity contribution in [1.82, 2.24) is 9.29 Å². The number of nitrogens with one attached hydrogen (secondary N) is 1. The van der Waals surface area contributed by atoms with Crippen molar-refractivity contribution in [3.63, 3.8) is 0 Å². The topological polar surface area (TPSA) is 88.6 Å². The molecule has 1 aromatic heterocycles. The highest BCUT2D eigenvalue weighted by molar-refractivity contribution is 7.89. The molecule has 0 radical (unpaired) electrons. The second-order valence-electron chi connectivity index (χ2n) is 6.95. The number of anilines is 1. The number of halogens is 1. The molecule has 0 saturated carbocycles. The molecule has 0 spiro atoms. The molecule has 10 heteroatoms. The van der Waals surface area contributed by atoms with E-state index in [4.69, 9.17) is 16.3 Å². The van der Waals surface area contributed by atoms with Gasteiger partial charge in [0.25, 0.3) is 5.91 Å². The lowest BCUT2D eigenvalue weighted by Crippen LogP contribution is -2.23. The smallest absolute Gasteiger partial charge is 0.259 e. The van der Waals surface area contributed by atoms with E-state index >= 15 is 0 Å². The van der Waals surface area contributed by atoms with Crippen LogP contribution in [0.25, 0.3) is 10.2 Å². The second kappa shape index (κ2) is 8.87. The molecule has 0 aliphatic heterocycles. The van der Waals surface area contributed by atoms with Gasteiger partial charge in [-0.3, -0.25) is 10.1 Å². The molecule has 164 valence electrons. The normalized spacial score (nSPS) is 11.6. The van der Waals surface area contributed by atoms with E-state index < -0.39 is 15.9 Å². The van der Waals surface area contributed by atoms with Crippen LogP contribution in [0.2, 0.25) is 5.02 Å². The van der Waals surface area contributed by atoms with Crippen LogP contribution in [0.1, 0.15) is 10.4 Å². The van der Waals surface area contributed by atoms with E-state index in [1.165, 1.54) is 43.6 Å². The molecular weight excluding hydrogens is 470 g/mol. The first-order chi connectivity index (χ1) is 15.2. The van der Waals surface area contributed by atoms with Gasteiger partial charge in [-0.2, -0.15) is 0 Å². The summed E-state index contributed by atoms with van der Waals surface area (Å²) in [6, 6.07) is 18.8. The molecule has 1 N–H and O–H groups in total. The molecule has 4 aromatic rings. The number of nitrogens with zero attached hydrogens (tertiary/aromatic N) is 2. The van der Waals surface area contributed by atoms with E-state index in [-0.39, 0.29) is 15.5 Å². The number of rotatable bonds is 6. The van der Waals surface area contributed by atoms with Crippen LogP contribution in [0.5, 0.6) is 11.5 Å². The lowest BCUT2D eigenvalue weighted by molar-refractivity contribution is 0.102. The van der Waals surface area contributed by atoms with Gasteiger partial charge in [-0.25, -0.2) is 17.7 Å². The summed E-state index contributed by atoms with van der Waals surface area (Å²) in [6.07, 6.45) is 0. The van der Waals surface area contributed by atoms with Crippen molar-refractivity contribution < 1.29 is 17.9 Å². The number of hydrogen-bond acceptors (Lipinski definition) is 6. The van der Waals surface area contributed by atoms with Crippen LogP contribution in [0.15, 0.2) is 71.6 Å². The Morgan fingerprint density at radius 1 is 1.03 bits per heavy atom. The van der Waals surface area contributed by atoms with Crippen LogP contribution in [-0.2, 0) is 10.0 Å². The third-order valence-corrected chi connectivity index (χ3v) is 7.59. The molecule has 3 aromatic carbocycles. The maximum atomic E-state index is 12.8. The Labute approximate surface area is 194 Å². The molecule has 4 rings (SSSR count). The van der Waals surface area contributed by atoms with E-state index in [0.717, 1.165) is 9.01 Å². The van der Waals surface area contributed by atoms with E-state index in [0.29, 0.717) is 22.1 Å². The molecule has 0 aliphatic rings. The van der Waals surface area contributed by atoms with Crippen molar-refractivity contribution in [2.45, 2.75) is 4.90 Å². The second-order valence-corrected chi connectivity index (χ2v) is 10.5. The van der Waals surface area contributed by atoms with E-state index in [2.05, 4.69) is 10.3 Å². The van der Waals surface area contributed by atoms with Crippen LogP contribution < -0.4 is 10.1 Å². The highest BCUT2D eigenvalue weighted by atomic mass is 35.5. The Balaban J connectivity index is 1.58. The average Bonchev–Trinajstić information content (AvgIpc) is 3.16. The van der Waals surface area contributed by atoms with E-state index in [1.807, 2.05) is 36.4 Å². The fraction of sp³-hybridized carbons (Fsp3) is 0.0909. The van der Waals surface area contributed by atoms with Gasteiger partial charge in [-0.05, 0) is 42.5 Å². The number of hydrogen-bond donors (Lipinski definition) is 1. The lowest BCUT2D eigenvalue weighted by atomic mass is 10.2. The first-order valence-electron chi connectivity index (χ1n) is 9.41. The zero-order valence-electron chi connectivity index (χ0n) is 17.1. The van der Waals surface area contributed by atoms with Crippen LogP contribution in [0.3, 0.4) is 0 Å². The van der Waals surface area contributed by atoms with Crippen molar-refractivity contribution in [3.8, 4) is 11.5 Å². The van der Waals surface area contributed by atoms with Gasteiger partial charge in [0.2, 0.25) is 10.0 Å². The predicted molar refractivity (Wildman–Crippen MR) is 126 cm³/mol. The number of aromatic nitrogens is 1. The molecule has 1 heterocycles. The minimum absolute atomic E-state index is 0.0240. The minimum atomic E-state index is -3.71. The van der Waals surface area contributed by atoms with Gasteiger partial charge in [-0.15, -0.1) is 0 Å². The summed E-state index contributed by atoms with van der Waals surface area (Å²) in [6.45, 7) is 0. The molecule has 1 amide bonds. The molecule has 0 saturated heterocycles. The summed E-state index contributed by atoms with van der Waals surface area (Å²) in [5.74, 6) is 0.813. The van der Waals surface area contributed by atoms with Crippen LogP contribution >= 0.6 is 22.9 Å². The largest absolute Gasteiger partial charge is 0.457 e. The van der Waals surface area contributed by atoms with Gasteiger partial charge in [0.05, 0.1) is 25.7 Å². The molecule has 32 heavy (non-hydrogen) atoms. The Morgan fingerprint density at radius 2 is 1.78 bits per heavy atom. The van der Waals surface area contributed by atoms with Gasteiger partial charge in [-0.1, -0.05) is 41.1 Å². The number of carbonyl (C=O) groups excluding carboxylic acids is 1. The molecule has 7 nitrogen and oxygen atoms in total. The Hall–Kier alpha value is -2.98. The zero-order valence-corrected chi connectivity index (χ0v) is 19.5. The molecule has 0 atom stereocenters. The fourth-order valence-corrected chi connectivity index (χ4v) is 4.88. The first kappa shape index (κ1) is 22.2. The minimum Gasteiger partial charge on any atom is -0.457 e.